The predicted octanol–water partition coefficient (Wildman–Crippen LogP) is 4.66. The minimum atomic E-state index is -4.63. The number of amides is 5. The molecule has 4 fully saturated rings. The van der Waals surface area contributed by atoms with Crippen LogP contribution in [0.25, 0.3) is 0 Å². The Morgan fingerprint density at radius 2 is 1.42 bits per heavy atom. The van der Waals surface area contributed by atoms with E-state index in [1.165, 1.54) is 12.1 Å². The highest BCUT2D eigenvalue weighted by Crippen LogP contribution is 2.36. The van der Waals surface area contributed by atoms with Gasteiger partial charge in [0.25, 0.3) is 11.8 Å². The van der Waals surface area contributed by atoms with Gasteiger partial charge in [-0.15, -0.1) is 0 Å². The maximum Gasteiger partial charge on any atom is 0.417 e. The third kappa shape index (κ3) is 8.51. The quantitative estimate of drug-likeness (QED) is 0.289. The Labute approximate surface area is 345 Å². The van der Waals surface area contributed by atoms with Crippen LogP contribution in [0.3, 0.4) is 0 Å². The molecule has 0 bridgehead atoms. The van der Waals surface area contributed by atoms with Gasteiger partial charge in [0, 0.05) is 76.1 Å². The van der Waals surface area contributed by atoms with E-state index in [1.54, 1.807) is 30.5 Å². The maximum atomic E-state index is 13.5. The first kappa shape index (κ1) is 40.7. The molecule has 2 aromatic carbocycles. The van der Waals surface area contributed by atoms with Gasteiger partial charge in [0.1, 0.15) is 11.9 Å². The van der Waals surface area contributed by atoms with E-state index in [9.17, 15) is 37.1 Å². The Morgan fingerprint density at radius 3 is 2.08 bits per heavy atom. The zero-order valence-corrected chi connectivity index (χ0v) is 33.0. The van der Waals surface area contributed by atoms with Crippen molar-refractivity contribution < 1.29 is 37.1 Å². The predicted molar refractivity (Wildman–Crippen MR) is 215 cm³/mol. The Kier molecular flexibility index (Phi) is 11.5. The SMILES string of the molecule is N#Cc1ccc(N2CCC(C(=O)Nc3ccc(N4CCC(CCN5CCN(c6ccc7c(c6)C(=O)N(C6CCC(=O)NC6=O)C7=O)CC5)CC4)cn3)CC2)cc1C(F)(F)F. The monoisotopic (exact) mass is 825 g/mol. The second kappa shape index (κ2) is 16.9. The molecule has 1 aromatic heterocycles. The Balaban J connectivity index is 0.745. The molecule has 1 unspecified atom stereocenters. The van der Waals surface area contributed by atoms with Crippen molar-refractivity contribution in [3.05, 3.63) is 77.0 Å². The summed E-state index contributed by atoms with van der Waals surface area (Å²) in [6.45, 7) is 6.99. The van der Waals surface area contributed by atoms with E-state index >= 15 is 0 Å². The van der Waals surface area contributed by atoms with E-state index in [2.05, 4.69) is 30.3 Å². The number of anilines is 4. The summed E-state index contributed by atoms with van der Waals surface area (Å²) in [6.07, 6.45) is 1.55. The molecule has 0 spiro atoms. The number of pyridine rings is 1. The molecule has 0 saturated carbocycles. The van der Waals surface area contributed by atoms with Crippen LogP contribution in [-0.4, -0.2) is 109 Å². The van der Waals surface area contributed by atoms with Gasteiger partial charge < -0.3 is 20.0 Å². The average molecular weight is 826 g/mol. The summed E-state index contributed by atoms with van der Waals surface area (Å²) in [5.74, 6) is -1.42. The number of halogens is 3. The number of carbonyl (C=O) groups excluding carboxylic acids is 5. The van der Waals surface area contributed by atoms with Gasteiger partial charge in [-0.2, -0.15) is 18.4 Å². The summed E-state index contributed by atoms with van der Waals surface area (Å²) in [4.78, 5) is 77.8. The number of piperazine rings is 1. The summed E-state index contributed by atoms with van der Waals surface area (Å²) in [5, 5.41) is 14.2. The number of hydrogen-bond donors (Lipinski definition) is 2. The van der Waals surface area contributed by atoms with E-state index in [0.29, 0.717) is 48.9 Å². The van der Waals surface area contributed by atoms with Gasteiger partial charge in [0.2, 0.25) is 17.7 Å². The Bertz CT molecular complexity index is 2200. The van der Waals surface area contributed by atoms with Gasteiger partial charge in [0.15, 0.2) is 0 Å². The van der Waals surface area contributed by atoms with Crippen LogP contribution < -0.4 is 25.3 Å². The zero-order valence-electron chi connectivity index (χ0n) is 33.0. The molecule has 8 rings (SSSR count). The maximum absolute atomic E-state index is 13.5. The van der Waals surface area contributed by atoms with Gasteiger partial charge >= 0.3 is 6.18 Å². The summed E-state index contributed by atoms with van der Waals surface area (Å²) in [7, 11) is 0. The topological polar surface area (TPSA) is 162 Å². The van der Waals surface area contributed by atoms with Gasteiger partial charge in [-0.05, 0) is 99.5 Å². The van der Waals surface area contributed by atoms with Crippen molar-refractivity contribution >= 4 is 52.4 Å². The zero-order chi connectivity index (χ0) is 42.1. The van der Waals surface area contributed by atoms with Crippen LogP contribution in [-0.2, 0) is 20.6 Å². The second-order valence-electron chi connectivity index (χ2n) is 16.2. The van der Waals surface area contributed by atoms with E-state index in [-0.39, 0.29) is 30.2 Å². The summed E-state index contributed by atoms with van der Waals surface area (Å²) >= 11 is 0. The molecule has 5 amide bonds. The Morgan fingerprint density at radius 1 is 0.783 bits per heavy atom. The molecule has 314 valence electrons. The number of hydrogen-bond acceptors (Lipinski definition) is 11. The molecule has 3 aromatic rings. The third-order valence-electron chi connectivity index (χ3n) is 12.7. The summed E-state index contributed by atoms with van der Waals surface area (Å²) in [6, 6.07) is 13.4. The lowest BCUT2D eigenvalue weighted by molar-refractivity contribution is -0.138. The standard InChI is InChI=1S/C43H46F3N9O5/c44-43(45,46)35-24-31(2-1-29(35)25-47)52-17-12-28(13-18-52)39(57)49-37-7-4-32(26-48-37)53-15-10-27(11-16-53)9-14-51-19-21-54(22-20-51)30-3-5-33-34(23-30)42(60)55(41(33)59)36-6-8-38(56)50-40(36)58/h1-5,7,23-24,26-28,36H,6,8-22H2,(H,48,49,57)(H,50,56,58). The number of nitrogens with zero attached hydrogens (tertiary/aromatic N) is 7. The number of nitrogens with one attached hydrogen (secondary N) is 2. The molecular weight excluding hydrogens is 780 g/mol. The van der Waals surface area contributed by atoms with Crippen molar-refractivity contribution in [3.63, 3.8) is 0 Å². The third-order valence-corrected chi connectivity index (χ3v) is 12.7. The molecule has 60 heavy (non-hydrogen) atoms. The van der Waals surface area contributed by atoms with Crippen LogP contribution >= 0.6 is 0 Å². The normalized spacial score (nSPS) is 20.9. The van der Waals surface area contributed by atoms with Crippen molar-refractivity contribution in [2.75, 3.05) is 78.9 Å². The highest BCUT2D eigenvalue weighted by molar-refractivity contribution is 6.23. The number of carbonyl (C=O) groups is 5. The van der Waals surface area contributed by atoms with Crippen LogP contribution in [0.1, 0.15) is 76.8 Å². The van der Waals surface area contributed by atoms with Crippen LogP contribution in [0, 0.1) is 23.2 Å². The lowest BCUT2D eigenvalue weighted by atomic mass is 9.93. The lowest BCUT2D eigenvalue weighted by Crippen LogP contribution is -2.54. The first-order valence-electron chi connectivity index (χ1n) is 20.6. The molecular formula is C43H46F3N9O5. The van der Waals surface area contributed by atoms with E-state index in [1.807, 2.05) is 17.0 Å². The first-order chi connectivity index (χ1) is 28.9. The smallest absolute Gasteiger partial charge is 0.371 e. The van der Waals surface area contributed by atoms with Crippen molar-refractivity contribution in [3.8, 4) is 6.07 Å². The molecule has 1 atom stereocenters. The van der Waals surface area contributed by atoms with Crippen LogP contribution in [0.5, 0.6) is 0 Å². The molecule has 5 aliphatic rings. The minimum absolute atomic E-state index is 0.0797. The van der Waals surface area contributed by atoms with Crippen LogP contribution in [0.15, 0.2) is 54.7 Å². The van der Waals surface area contributed by atoms with Gasteiger partial charge in [-0.25, -0.2) is 4.98 Å². The van der Waals surface area contributed by atoms with E-state index in [4.69, 9.17) is 5.26 Å². The highest BCUT2D eigenvalue weighted by atomic mass is 19.4. The number of piperidine rings is 3. The fourth-order valence-corrected chi connectivity index (χ4v) is 9.07. The molecule has 17 heteroatoms. The van der Waals surface area contributed by atoms with Gasteiger partial charge in [0.05, 0.1) is 40.2 Å². The number of imide groups is 2. The van der Waals surface area contributed by atoms with Gasteiger partial charge in [-0.3, -0.25) is 39.1 Å². The highest BCUT2D eigenvalue weighted by Gasteiger charge is 2.45. The van der Waals surface area contributed by atoms with Crippen molar-refractivity contribution in [1.82, 2.24) is 20.1 Å². The molecule has 2 N–H and O–H groups in total. The molecule has 5 aliphatic heterocycles. The fraction of sp³-hybridized carbons (Fsp3) is 0.465. The van der Waals surface area contributed by atoms with Crippen LogP contribution in [0.4, 0.5) is 36.1 Å². The number of benzene rings is 2. The number of alkyl halides is 3. The Hall–Kier alpha value is -6.02. The largest absolute Gasteiger partial charge is 0.417 e. The number of fused-ring (bicyclic) bond motifs is 1. The van der Waals surface area contributed by atoms with Crippen molar-refractivity contribution in [1.29, 1.82) is 5.26 Å². The summed E-state index contributed by atoms with van der Waals surface area (Å²) < 4.78 is 40.4. The molecule has 14 nitrogen and oxygen atoms in total. The number of nitriles is 1. The second-order valence-corrected chi connectivity index (χ2v) is 16.2. The van der Waals surface area contributed by atoms with Crippen LogP contribution in [0.2, 0.25) is 0 Å². The molecule has 0 aliphatic carbocycles. The molecule has 6 heterocycles. The number of aromatic nitrogens is 1. The molecule has 4 saturated heterocycles. The minimum Gasteiger partial charge on any atom is -0.371 e. The van der Waals surface area contributed by atoms with Crippen molar-refractivity contribution in [2.45, 2.75) is 57.2 Å². The fourth-order valence-electron chi connectivity index (χ4n) is 9.07. The summed E-state index contributed by atoms with van der Waals surface area (Å²) in [5.41, 5.74) is 1.45. The van der Waals surface area contributed by atoms with Crippen molar-refractivity contribution in [2.24, 2.45) is 11.8 Å². The van der Waals surface area contributed by atoms with E-state index in [0.717, 1.165) is 87.4 Å². The first-order valence-corrected chi connectivity index (χ1v) is 20.6. The number of rotatable bonds is 9. The molecule has 0 radical (unpaired) electrons. The average Bonchev–Trinajstić information content (AvgIpc) is 3.50. The van der Waals surface area contributed by atoms with Gasteiger partial charge in [-0.1, -0.05) is 0 Å². The van der Waals surface area contributed by atoms with E-state index < -0.39 is 47.0 Å². The lowest BCUT2D eigenvalue weighted by Gasteiger charge is -2.38.